The molecule has 0 bridgehead atoms. The Morgan fingerprint density at radius 3 is 2.57 bits per heavy atom. The van der Waals surface area contributed by atoms with E-state index in [0.717, 1.165) is 0 Å². The first-order valence-electron chi connectivity index (χ1n) is 4.06. The number of benzene rings is 1. The van der Waals surface area contributed by atoms with Crippen LogP contribution in [0.15, 0.2) is 18.2 Å². The third-order valence-corrected chi connectivity index (χ3v) is 7.66. The van der Waals surface area contributed by atoms with Crippen LogP contribution in [0, 0.1) is 0 Å². The van der Waals surface area contributed by atoms with Crippen LogP contribution < -0.4 is 3.07 Å². The van der Waals surface area contributed by atoms with E-state index in [9.17, 15) is 14.7 Å². The number of hydrogen-bond donors (Lipinski definition) is 2. The topological polar surface area (TPSA) is 54.4 Å². The summed E-state index contributed by atoms with van der Waals surface area (Å²) >= 11 is 1.75. The molecule has 1 N–H and O–H groups in total. The standard InChI is InChI=1S/C7H5O2S.C2H3O.Hg/c8-6-4-2-1-3-5(6)7(9)10;1-2-3;/h1-3,8H,(H,9,10);1H3;. The first kappa shape index (κ1) is 11.7. The van der Waals surface area contributed by atoms with E-state index in [1.165, 1.54) is 13.0 Å². The fourth-order valence-electron chi connectivity index (χ4n) is 1.17. The molecule has 0 saturated heterocycles. The predicted molar refractivity (Wildman–Crippen MR) is 51.7 cm³/mol. The van der Waals surface area contributed by atoms with E-state index in [1.807, 2.05) is 0 Å². The van der Waals surface area contributed by atoms with E-state index in [0.29, 0.717) is 3.07 Å². The van der Waals surface area contributed by atoms with Crippen LogP contribution in [0.2, 0.25) is 0 Å². The van der Waals surface area contributed by atoms with Gasteiger partial charge in [0.2, 0.25) is 0 Å². The van der Waals surface area contributed by atoms with Crippen molar-refractivity contribution in [1.29, 1.82) is 0 Å². The SMILES string of the molecule is C[C](=O)[Hg][c]1cccc(C(=O)S)c1O. The molecule has 5 heteroatoms. The van der Waals surface area contributed by atoms with Crippen LogP contribution in [0.3, 0.4) is 0 Å². The molecular formula is C9H8HgO3S. The molecule has 0 aliphatic heterocycles. The summed E-state index contributed by atoms with van der Waals surface area (Å²) < 4.78 is 0.835. The molecule has 0 radical (unpaired) electrons. The van der Waals surface area contributed by atoms with Crippen molar-refractivity contribution in [3.8, 4) is 5.75 Å². The molecular weight excluding hydrogens is 389 g/mol. The summed E-state index contributed by atoms with van der Waals surface area (Å²) in [5.74, 6) is -0.0515. The van der Waals surface area contributed by atoms with Gasteiger partial charge in [0.25, 0.3) is 0 Å². The summed E-state index contributed by atoms with van der Waals surface area (Å²) in [4.78, 5) is 21.9. The van der Waals surface area contributed by atoms with Gasteiger partial charge >= 0.3 is 99.8 Å². The molecule has 0 aliphatic carbocycles. The number of para-hydroxylation sites is 1. The summed E-state index contributed by atoms with van der Waals surface area (Å²) in [5, 5.41) is 9.17. The van der Waals surface area contributed by atoms with E-state index in [2.05, 4.69) is 12.6 Å². The summed E-state index contributed by atoms with van der Waals surface area (Å²) in [6.07, 6.45) is 0. The molecule has 0 amide bonds. The molecule has 0 fully saturated rings. The number of carbonyl (C=O) groups is 2. The maximum absolute atomic E-state index is 10.9. The second kappa shape index (κ2) is 4.93. The number of phenolic OH excluding ortho intramolecular Hbond substituents is 1. The Morgan fingerprint density at radius 2 is 2.07 bits per heavy atom. The van der Waals surface area contributed by atoms with Gasteiger partial charge in [0.1, 0.15) is 0 Å². The monoisotopic (exact) mass is 398 g/mol. The van der Waals surface area contributed by atoms with Gasteiger partial charge in [-0.1, -0.05) is 0 Å². The molecule has 0 aromatic heterocycles. The van der Waals surface area contributed by atoms with Gasteiger partial charge in [-0.15, -0.1) is 0 Å². The van der Waals surface area contributed by atoms with Gasteiger partial charge < -0.3 is 0 Å². The zero-order chi connectivity index (χ0) is 10.7. The molecule has 1 aromatic rings. The van der Waals surface area contributed by atoms with Crippen molar-refractivity contribution in [3.05, 3.63) is 23.8 Å². The van der Waals surface area contributed by atoms with Crippen LogP contribution in [-0.2, 0) is 29.4 Å². The zero-order valence-electron chi connectivity index (χ0n) is 7.65. The van der Waals surface area contributed by atoms with Crippen molar-refractivity contribution in [2.24, 2.45) is 0 Å². The second-order valence-electron chi connectivity index (χ2n) is 3.00. The predicted octanol–water partition coefficient (Wildman–Crippen LogP) is 0.716. The third kappa shape index (κ3) is 2.82. The summed E-state index contributed by atoms with van der Waals surface area (Å²) in [7, 11) is 0. The van der Waals surface area contributed by atoms with Gasteiger partial charge in [0.05, 0.1) is 0 Å². The summed E-state index contributed by atoms with van der Waals surface area (Å²) in [5.41, 5.74) is 0.187. The fourth-order valence-corrected chi connectivity index (χ4v) is 5.82. The number of hydrogen-bond acceptors (Lipinski definition) is 3. The van der Waals surface area contributed by atoms with Gasteiger partial charge in [-0.05, 0) is 0 Å². The van der Waals surface area contributed by atoms with Gasteiger partial charge in [-0.25, -0.2) is 0 Å². The minimum absolute atomic E-state index is 0.0515. The Hall–Kier alpha value is -0.355. The van der Waals surface area contributed by atoms with Gasteiger partial charge in [0, 0.05) is 0 Å². The summed E-state index contributed by atoms with van der Waals surface area (Å²) in [6.45, 7) is 1.52. The number of carbonyl (C=O) groups excluding carboxylic acids is 2. The molecule has 3 nitrogen and oxygen atoms in total. The van der Waals surface area contributed by atoms with Crippen molar-refractivity contribution in [1.82, 2.24) is 0 Å². The average molecular weight is 397 g/mol. The molecule has 0 spiro atoms. The first-order valence-corrected chi connectivity index (χ1v) is 10.0. The van der Waals surface area contributed by atoms with E-state index in [4.69, 9.17) is 0 Å². The van der Waals surface area contributed by atoms with Gasteiger partial charge in [-0.2, -0.15) is 0 Å². The Labute approximate surface area is 99.4 Å². The molecule has 0 unspecified atom stereocenters. The summed E-state index contributed by atoms with van der Waals surface area (Å²) in [6, 6.07) is 4.88. The quantitative estimate of drug-likeness (QED) is 0.584. The molecule has 14 heavy (non-hydrogen) atoms. The first-order chi connectivity index (χ1) is 6.52. The minimum atomic E-state index is -1.89. The number of aromatic hydroxyl groups is 1. The number of thiol groups is 1. The van der Waals surface area contributed by atoms with Crippen LogP contribution in [0.25, 0.3) is 0 Å². The molecule has 0 aliphatic rings. The molecule has 0 saturated carbocycles. The Kier molecular flexibility index (Phi) is 4.13. The van der Waals surface area contributed by atoms with Crippen LogP contribution in [0.4, 0.5) is 0 Å². The van der Waals surface area contributed by atoms with Crippen LogP contribution in [0.1, 0.15) is 17.3 Å². The Bertz CT molecular complexity index is 390. The van der Waals surface area contributed by atoms with Crippen LogP contribution >= 0.6 is 12.6 Å². The van der Waals surface area contributed by atoms with Crippen molar-refractivity contribution in [2.45, 2.75) is 6.92 Å². The zero-order valence-corrected chi connectivity index (χ0v) is 14.0. The van der Waals surface area contributed by atoms with Gasteiger partial charge in [0.15, 0.2) is 0 Å². The van der Waals surface area contributed by atoms with Crippen molar-refractivity contribution < 1.29 is 39.3 Å². The van der Waals surface area contributed by atoms with Crippen molar-refractivity contribution in [3.63, 3.8) is 0 Å². The number of rotatable bonds is 3. The molecule has 70 valence electrons. The average Bonchev–Trinajstić information content (AvgIpc) is 2.07. The molecule has 0 atom stereocenters. The Balaban J connectivity index is 3.13. The van der Waals surface area contributed by atoms with E-state index in [1.54, 1.807) is 12.1 Å². The normalized spacial score (nSPS) is 9.29. The maximum atomic E-state index is 10.9. The molecule has 0 heterocycles. The van der Waals surface area contributed by atoms with Crippen LogP contribution in [-0.4, -0.2) is 13.5 Å². The van der Waals surface area contributed by atoms with E-state index < -0.39 is 29.7 Å². The Morgan fingerprint density at radius 1 is 1.43 bits per heavy atom. The molecule has 1 rings (SSSR count). The van der Waals surface area contributed by atoms with E-state index >= 15 is 0 Å². The van der Waals surface area contributed by atoms with Crippen molar-refractivity contribution >= 4 is 24.1 Å². The second-order valence-corrected chi connectivity index (χ2v) is 11.6. The number of phenols is 1. The van der Waals surface area contributed by atoms with Crippen LogP contribution in [0.5, 0.6) is 5.75 Å². The van der Waals surface area contributed by atoms with E-state index in [-0.39, 0.29) is 14.6 Å². The van der Waals surface area contributed by atoms with Gasteiger partial charge in [-0.3, -0.25) is 0 Å². The molecule has 1 aromatic carbocycles. The van der Waals surface area contributed by atoms with Crippen molar-refractivity contribution in [2.75, 3.05) is 0 Å². The third-order valence-electron chi connectivity index (χ3n) is 1.79. The fraction of sp³-hybridized carbons (Fsp3) is 0.111.